The normalized spacial score (nSPS) is 15.4. The van der Waals surface area contributed by atoms with Gasteiger partial charge in [0.2, 0.25) is 0 Å². The molecule has 0 saturated heterocycles. The summed E-state index contributed by atoms with van der Waals surface area (Å²) >= 11 is 1.21. The van der Waals surface area contributed by atoms with Crippen LogP contribution in [0.1, 0.15) is 59.2 Å². The summed E-state index contributed by atoms with van der Waals surface area (Å²) in [4.78, 5) is 24.5. The largest absolute Gasteiger partial charge is 0.456 e. The molecule has 1 aliphatic carbocycles. The second-order valence-corrected chi connectivity index (χ2v) is 6.48. The molecule has 0 saturated carbocycles. The second kappa shape index (κ2) is 4.39. The summed E-state index contributed by atoms with van der Waals surface area (Å²) in [5.74, 6) is -0.338. The molecule has 0 amide bonds. The van der Waals surface area contributed by atoms with E-state index in [-0.39, 0.29) is 5.78 Å². The smallest absolute Gasteiger partial charge is 0.341 e. The van der Waals surface area contributed by atoms with Gasteiger partial charge in [0.25, 0.3) is 0 Å². The molecule has 5 heteroatoms. The first-order chi connectivity index (χ1) is 8.29. The van der Waals surface area contributed by atoms with Crippen molar-refractivity contribution in [2.75, 3.05) is 5.73 Å². The minimum absolute atomic E-state index is 0.0859. The average Bonchev–Trinajstić information content (AvgIpc) is 2.53. The Labute approximate surface area is 110 Å². The Balaban J connectivity index is 2.40. The third-order valence-electron chi connectivity index (χ3n) is 2.72. The van der Waals surface area contributed by atoms with E-state index in [0.29, 0.717) is 21.9 Å². The first-order valence-electron chi connectivity index (χ1n) is 5.97. The average molecular weight is 267 g/mol. The molecule has 2 rings (SSSR count). The molecule has 98 valence electrons. The zero-order chi connectivity index (χ0) is 13.5. The highest BCUT2D eigenvalue weighted by Gasteiger charge is 2.30. The number of nitrogens with two attached hydrogens (primary N) is 1. The van der Waals surface area contributed by atoms with Crippen LogP contribution in [0.2, 0.25) is 0 Å². The van der Waals surface area contributed by atoms with Gasteiger partial charge in [0.1, 0.15) is 10.6 Å². The maximum atomic E-state index is 12.1. The van der Waals surface area contributed by atoms with Crippen LogP contribution in [0, 0.1) is 0 Å². The van der Waals surface area contributed by atoms with Crippen molar-refractivity contribution in [3.8, 4) is 0 Å². The van der Waals surface area contributed by atoms with Crippen molar-refractivity contribution < 1.29 is 14.3 Å². The van der Waals surface area contributed by atoms with E-state index in [1.165, 1.54) is 11.3 Å². The highest BCUT2D eigenvalue weighted by molar-refractivity contribution is 7.18. The SMILES string of the molecule is CC(C)(C)OC(=O)c1c(N)sc2c1CCCC2=O. The van der Waals surface area contributed by atoms with E-state index in [4.69, 9.17) is 10.5 Å². The summed E-state index contributed by atoms with van der Waals surface area (Å²) in [5.41, 5.74) is 6.49. The fourth-order valence-corrected chi connectivity index (χ4v) is 3.11. The minimum Gasteiger partial charge on any atom is -0.456 e. The molecule has 1 aromatic rings. The standard InChI is InChI=1S/C13H17NO3S/c1-13(2,3)17-12(16)9-7-5-4-6-8(15)10(7)18-11(9)14/h4-6,14H2,1-3H3. The number of thiophene rings is 1. The maximum Gasteiger partial charge on any atom is 0.341 e. The van der Waals surface area contributed by atoms with Gasteiger partial charge in [-0.2, -0.15) is 0 Å². The van der Waals surface area contributed by atoms with E-state index < -0.39 is 11.6 Å². The molecule has 0 aliphatic heterocycles. The van der Waals surface area contributed by atoms with Crippen LogP contribution in [0.15, 0.2) is 0 Å². The maximum absolute atomic E-state index is 12.1. The number of hydrogen-bond acceptors (Lipinski definition) is 5. The Hall–Kier alpha value is -1.36. The predicted octanol–water partition coefficient (Wildman–Crippen LogP) is 2.80. The van der Waals surface area contributed by atoms with Crippen LogP contribution in [-0.2, 0) is 11.2 Å². The Morgan fingerprint density at radius 2 is 2.00 bits per heavy atom. The number of anilines is 1. The highest BCUT2D eigenvalue weighted by Crippen LogP contribution is 2.37. The monoisotopic (exact) mass is 267 g/mol. The molecule has 0 atom stereocenters. The van der Waals surface area contributed by atoms with Crippen LogP contribution < -0.4 is 5.73 Å². The van der Waals surface area contributed by atoms with Crippen LogP contribution in [-0.4, -0.2) is 17.4 Å². The van der Waals surface area contributed by atoms with Crippen LogP contribution in [0.3, 0.4) is 0 Å². The number of ketones is 1. The lowest BCUT2D eigenvalue weighted by Gasteiger charge is -2.20. The third-order valence-corrected chi connectivity index (χ3v) is 3.82. The highest BCUT2D eigenvalue weighted by atomic mass is 32.1. The lowest BCUT2D eigenvalue weighted by Crippen LogP contribution is -2.25. The number of rotatable bonds is 1. The van der Waals surface area contributed by atoms with Crippen molar-refractivity contribution in [1.29, 1.82) is 0 Å². The van der Waals surface area contributed by atoms with Gasteiger partial charge in [0, 0.05) is 6.42 Å². The molecule has 0 spiro atoms. The number of Topliss-reactive ketones (excluding diaryl/α,β-unsaturated/α-hetero) is 1. The van der Waals surface area contributed by atoms with Gasteiger partial charge in [-0.1, -0.05) is 0 Å². The van der Waals surface area contributed by atoms with Gasteiger partial charge >= 0.3 is 5.97 Å². The lowest BCUT2D eigenvalue weighted by molar-refractivity contribution is 0.00701. The van der Waals surface area contributed by atoms with Gasteiger partial charge in [0.05, 0.1) is 10.4 Å². The molecule has 18 heavy (non-hydrogen) atoms. The number of carbonyl (C=O) groups is 2. The molecular formula is C13H17NO3S. The molecule has 0 radical (unpaired) electrons. The summed E-state index contributed by atoms with van der Waals surface area (Å²) in [6.45, 7) is 5.43. The van der Waals surface area contributed by atoms with Crippen LogP contribution in [0.4, 0.5) is 5.00 Å². The van der Waals surface area contributed by atoms with Gasteiger partial charge in [-0.05, 0) is 39.2 Å². The van der Waals surface area contributed by atoms with Crippen molar-refractivity contribution in [2.24, 2.45) is 0 Å². The van der Waals surface area contributed by atoms with E-state index in [2.05, 4.69) is 0 Å². The van der Waals surface area contributed by atoms with Crippen LogP contribution >= 0.6 is 11.3 Å². The van der Waals surface area contributed by atoms with Gasteiger partial charge in [-0.25, -0.2) is 4.79 Å². The molecule has 4 nitrogen and oxygen atoms in total. The molecular weight excluding hydrogens is 250 g/mol. The molecule has 1 aromatic heterocycles. The van der Waals surface area contributed by atoms with Gasteiger partial charge < -0.3 is 10.5 Å². The van der Waals surface area contributed by atoms with E-state index in [9.17, 15) is 9.59 Å². The Morgan fingerprint density at radius 3 is 2.61 bits per heavy atom. The van der Waals surface area contributed by atoms with Gasteiger partial charge in [0.15, 0.2) is 5.78 Å². The number of hydrogen-bond donors (Lipinski definition) is 1. The van der Waals surface area contributed by atoms with E-state index in [1.54, 1.807) is 0 Å². The molecule has 1 heterocycles. The van der Waals surface area contributed by atoms with Gasteiger partial charge in [-0.3, -0.25) is 4.79 Å². The molecule has 0 bridgehead atoms. The lowest BCUT2D eigenvalue weighted by atomic mass is 9.94. The molecule has 0 fully saturated rings. The van der Waals surface area contributed by atoms with E-state index in [0.717, 1.165) is 18.4 Å². The van der Waals surface area contributed by atoms with Crippen molar-refractivity contribution in [3.63, 3.8) is 0 Å². The molecule has 0 unspecified atom stereocenters. The van der Waals surface area contributed by atoms with Crippen molar-refractivity contribution in [1.82, 2.24) is 0 Å². The number of carbonyl (C=O) groups excluding carboxylic acids is 2. The van der Waals surface area contributed by atoms with Crippen molar-refractivity contribution >= 4 is 28.1 Å². The first-order valence-corrected chi connectivity index (χ1v) is 6.79. The third kappa shape index (κ3) is 2.41. The molecule has 0 aromatic carbocycles. The van der Waals surface area contributed by atoms with E-state index >= 15 is 0 Å². The number of ether oxygens (including phenoxy) is 1. The topological polar surface area (TPSA) is 69.4 Å². The fraction of sp³-hybridized carbons (Fsp3) is 0.538. The summed E-state index contributed by atoms with van der Waals surface area (Å²) in [7, 11) is 0. The van der Waals surface area contributed by atoms with Gasteiger partial charge in [-0.15, -0.1) is 11.3 Å². The number of nitrogen functional groups attached to an aromatic ring is 1. The number of esters is 1. The quantitative estimate of drug-likeness (QED) is 0.794. The summed E-state index contributed by atoms with van der Waals surface area (Å²) < 4.78 is 5.34. The Morgan fingerprint density at radius 1 is 1.33 bits per heavy atom. The molecule has 1 aliphatic rings. The van der Waals surface area contributed by atoms with Crippen molar-refractivity contribution in [3.05, 3.63) is 16.0 Å². The first kappa shape index (κ1) is 13.1. The van der Waals surface area contributed by atoms with Crippen LogP contribution in [0.25, 0.3) is 0 Å². The second-order valence-electron chi connectivity index (χ2n) is 5.43. The summed E-state index contributed by atoms with van der Waals surface area (Å²) in [6.07, 6.45) is 2.04. The predicted molar refractivity (Wildman–Crippen MR) is 71.2 cm³/mol. The summed E-state index contributed by atoms with van der Waals surface area (Å²) in [5, 5.41) is 0.393. The molecule has 2 N–H and O–H groups in total. The minimum atomic E-state index is -0.559. The van der Waals surface area contributed by atoms with E-state index in [1.807, 2.05) is 20.8 Å². The fourth-order valence-electron chi connectivity index (χ4n) is 2.04. The zero-order valence-corrected chi connectivity index (χ0v) is 11.6. The van der Waals surface area contributed by atoms with Crippen LogP contribution in [0.5, 0.6) is 0 Å². The zero-order valence-electron chi connectivity index (χ0n) is 10.8. The Kier molecular flexibility index (Phi) is 3.19. The van der Waals surface area contributed by atoms with Crippen molar-refractivity contribution in [2.45, 2.75) is 45.6 Å². The number of fused-ring (bicyclic) bond motifs is 1. The Bertz CT molecular complexity index is 511. The summed E-state index contributed by atoms with van der Waals surface area (Å²) in [6, 6.07) is 0.